The number of amides is 1. The Bertz CT molecular complexity index is 778. The second-order valence-corrected chi connectivity index (χ2v) is 5.77. The van der Waals surface area contributed by atoms with Crippen LogP contribution in [0, 0.1) is 10.1 Å². The van der Waals surface area contributed by atoms with Gasteiger partial charge in [-0.05, 0) is 34.2 Å². The molecule has 2 heterocycles. The molecular weight excluding hydrogens is 326 g/mol. The van der Waals surface area contributed by atoms with Gasteiger partial charge in [0, 0.05) is 38.8 Å². The number of anilines is 1. The molecule has 9 nitrogen and oxygen atoms in total. The summed E-state index contributed by atoms with van der Waals surface area (Å²) in [5.41, 5.74) is 0.598. The van der Waals surface area contributed by atoms with Gasteiger partial charge < -0.3 is 24.7 Å². The molecule has 1 aliphatic heterocycles. The van der Waals surface area contributed by atoms with Gasteiger partial charge in [0.05, 0.1) is 7.11 Å². The third kappa shape index (κ3) is 3.25. The van der Waals surface area contributed by atoms with Crippen LogP contribution in [0.3, 0.4) is 0 Å². The third-order valence-electron chi connectivity index (χ3n) is 4.26. The van der Waals surface area contributed by atoms with E-state index >= 15 is 0 Å². The van der Waals surface area contributed by atoms with Gasteiger partial charge in [-0.25, -0.2) is 0 Å². The number of hydrogen-bond acceptors (Lipinski definition) is 6. The molecule has 1 aromatic carbocycles. The molecule has 0 saturated carbocycles. The highest BCUT2D eigenvalue weighted by molar-refractivity contribution is 5.94. The lowest BCUT2D eigenvalue weighted by Crippen LogP contribution is -2.49. The van der Waals surface area contributed by atoms with Crippen molar-refractivity contribution in [2.45, 2.75) is 0 Å². The van der Waals surface area contributed by atoms with Crippen molar-refractivity contribution in [3.05, 3.63) is 46.3 Å². The minimum absolute atomic E-state index is 0.0539. The van der Waals surface area contributed by atoms with Crippen LogP contribution in [0.1, 0.15) is 10.4 Å². The van der Waals surface area contributed by atoms with Crippen LogP contribution in [0.25, 0.3) is 0 Å². The molecule has 9 heteroatoms. The number of methoxy groups -OCH3 is 1. The zero-order valence-corrected chi connectivity index (χ0v) is 14.1. The van der Waals surface area contributed by atoms with E-state index in [9.17, 15) is 14.9 Å². The van der Waals surface area contributed by atoms with E-state index in [4.69, 9.17) is 4.74 Å². The van der Waals surface area contributed by atoms with Gasteiger partial charge in [-0.2, -0.15) is 0 Å². The number of ether oxygens (including phenoxy) is 1. The summed E-state index contributed by atoms with van der Waals surface area (Å²) in [5.74, 6) is 0.964. The van der Waals surface area contributed by atoms with Crippen LogP contribution in [0.4, 0.5) is 11.6 Å². The van der Waals surface area contributed by atoms with Crippen LogP contribution in [0.2, 0.25) is 0 Å². The largest absolute Gasteiger partial charge is 0.497 e. The molecule has 0 radical (unpaired) electrons. The first-order valence-corrected chi connectivity index (χ1v) is 7.85. The molecule has 1 amide bonds. The van der Waals surface area contributed by atoms with E-state index in [-0.39, 0.29) is 11.7 Å². The Labute approximate surface area is 144 Å². The number of hydrogen-bond donors (Lipinski definition) is 0. The molecule has 1 aliphatic rings. The van der Waals surface area contributed by atoms with Crippen molar-refractivity contribution >= 4 is 17.5 Å². The molecule has 0 atom stereocenters. The van der Waals surface area contributed by atoms with Crippen LogP contribution in [-0.2, 0) is 7.05 Å². The number of nitro groups is 1. The smallest absolute Gasteiger partial charge is 0.406 e. The van der Waals surface area contributed by atoms with E-state index in [1.807, 2.05) is 4.90 Å². The lowest BCUT2D eigenvalue weighted by atomic mass is 10.1. The number of carbonyl (C=O) groups is 1. The Morgan fingerprint density at radius 2 is 1.84 bits per heavy atom. The SMILES string of the molecule is COc1ccc(C(=O)N2CCN(c3c([N+](=O)[O-])ncn3C)CC2)cc1. The molecule has 0 N–H and O–H groups in total. The monoisotopic (exact) mass is 345 g/mol. The first-order chi connectivity index (χ1) is 12.0. The minimum atomic E-state index is -0.482. The number of aryl methyl sites for hydroxylation is 1. The lowest BCUT2D eigenvalue weighted by Gasteiger charge is -2.35. The highest BCUT2D eigenvalue weighted by Crippen LogP contribution is 2.27. The lowest BCUT2D eigenvalue weighted by molar-refractivity contribution is -0.388. The number of carbonyl (C=O) groups excluding carboxylic acids is 1. The van der Waals surface area contributed by atoms with E-state index in [2.05, 4.69) is 4.98 Å². The predicted octanol–water partition coefficient (Wildman–Crippen LogP) is 1.30. The Kier molecular flexibility index (Phi) is 4.55. The predicted molar refractivity (Wildman–Crippen MR) is 91.0 cm³/mol. The number of nitrogens with zero attached hydrogens (tertiary/aromatic N) is 5. The van der Waals surface area contributed by atoms with Gasteiger partial charge in [0.25, 0.3) is 5.91 Å². The summed E-state index contributed by atoms with van der Waals surface area (Å²) in [7, 11) is 3.30. The van der Waals surface area contributed by atoms with Crippen molar-refractivity contribution in [2.75, 3.05) is 38.2 Å². The molecule has 1 saturated heterocycles. The number of imidazole rings is 1. The molecule has 132 valence electrons. The zero-order chi connectivity index (χ0) is 18.0. The van der Waals surface area contributed by atoms with Gasteiger partial charge in [-0.3, -0.25) is 9.36 Å². The molecular formula is C16H19N5O4. The number of piperazine rings is 1. The first kappa shape index (κ1) is 16.7. The maximum Gasteiger partial charge on any atom is 0.406 e. The summed E-state index contributed by atoms with van der Waals surface area (Å²) in [6.07, 6.45) is 1.43. The van der Waals surface area contributed by atoms with Crippen LogP contribution in [0.5, 0.6) is 5.75 Å². The Hall–Kier alpha value is -3.10. The van der Waals surface area contributed by atoms with Crippen molar-refractivity contribution in [3.63, 3.8) is 0 Å². The van der Waals surface area contributed by atoms with Crippen molar-refractivity contribution in [2.24, 2.45) is 7.05 Å². The molecule has 1 aromatic heterocycles. The van der Waals surface area contributed by atoms with E-state index in [0.717, 1.165) is 0 Å². The molecule has 25 heavy (non-hydrogen) atoms. The highest BCUT2D eigenvalue weighted by atomic mass is 16.6. The zero-order valence-electron chi connectivity index (χ0n) is 14.1. The van der Waals surface area contributed by atoms with Gasteiger partial charge in [0.2, 0.25) is 12.1 Å². The Balaban J connectivity index is 1.68. The third-order valence-corrected chi connectivity index (χ3v) is 4.26. The van der Waals surface area contributed by atoms with Crippen molar-refractivity contribution in [1.82, 2.24) is 14.5 Å². The molecule has 0 aliphatic carbocycles. The number of aromatic nitrogens is 2. The fourth-order valence-corrected chi connectivity index (χ4v) is 2.94. The molecule has 1 fully saturated rings. The minimum Gasteiger partial charge on any atom is -0.497 e. The van der Waals surface area contributed by atoms with Gasteiger partial charge in [-0.15, -0.1) is 0 Å². The van der Waals surface area contributed by atoms with Crippen LogP contribution < -0.4 is 9.64 Å². The summed E-state index contributed by atoms with van der Waals surface area (Å²) in [6.45, 7) is 2.02. The molecule has 0 spiro atoms. The molecule has 3 rings (SSSR count). The Morgan fingerprint density at radius 1 is 1.20 bits per heavy atom. The van der Waals surface area contributed by atoms with Crippen molar-refractivity contribution in [3.8, 4) is 5.75 Å². The fourth-order valence-electron chi connectivity index (χ4n) is 2.94. The number of rotatable bonds is 4. The van der Waals surface area contributed by atoms with Gasteiger partial charge >= 0.3 is 5.82 Å². The second kappa shape index (κ2) is 6.80. The topological polar surface area (TPSA) is 93.7 Å². The van der Waals surface area contributed by atoms with E-state index in [1.165, 1.54) is 6.33 Å². The maximum atomic E-state index is 12.6. The normalized spacial score (nSPS) is 14.5. The number of benzene rings is 1. The highest BCUT2D eigenvalue weighted by Gasteiger charge is 2.29. The molecule has 2 aromatic rings. The Morgan fingerprint density at radius 3 is 2.40 bits per heavy atom. The van der Waals surface area contributed by atoms with E-state index < -0.39 is 4.92 Å². The van der Waals surface area contributed by atoms with Crippen molar-refractivity contribution < 1.29 is 14.5 Å². The average Bonchev–Trinajstić information content (AvgIpc) is 3.03. The van der Waals surface area contributed by atoms with Crippen LogP contribution in [0.15, 0.2) is 30.6 Å². The summed E-state index contributed by atoms with van der Waals surface area (Å²) in [5, 5.41) is 11.1. The summed E-state index contributed by atoms with van der Waals surface area (Å²) >= 11 is 0. The van der Waals surface area contributed by atoms with Crippen LogP contribution >= 0.6 is 0 Å². The van der Waals surface area contributed by atoms with Crippen molar-refractivity contribution in [1.29, 1.82) is 0 Å². The van der Waals surface area contributed by atoms with Gasteiger partial charge in [-0.1, -0.05) is 0 Å². The van der Waals surface area contributed by atoms with Gasteiger partial charge in [0.15, 0.2) is 0 Å². The summed E-state index contributed by atoms with van der Waals surface area (Å²) in [4.78, 5) is 30.7. The summed E-state index contributed by atoms with van der Waals surface area (Å²) in [6, 6.07) is 6.98. The quantitative estimate of drug-likeness (QED) is 0.612. The first-order valence-electron chi connectivity index (χ1n) is 7.85. The molecule has 0 bridgehead atoms. The van der Waals surface area contributed by atoms with Crippen LogP contribution in [-0.4, -0.2) is 58.6 Å². The summed E-state index contributed by atoms with van der Waals surface area (Å²) < 4.78 is 6.73. The van der Waals surface area contributed by atoms with Gasteiger partial charge in [0.1, 0.15) is 5.75 Å². The molecule has 0 unspecified atom stereocenters. The standard InChI is InChI=1S/C16H19N5O4/c1-18-11-17-14(21(23)24)15(18)19-7-9-20(10-8-19)16(22)12-3-5-13(25-2)6-4-12/h3-6,11H,7-10H2,1-2H3. The second-order valence-electron chi connectivity index (χ2n) is 5.77. The van der Waals surface area contributed by atoms with E-state index in [1.54, 1.807) is 47.9 Å². The maximum absolute atomic E-state index is 12.6. The van der Waals surface area contributed by atoms with E-state index in [0.29, 0.717) is 43.3 Å². The fraction of sp³-hybridized carbons (Fsp3) is 0.375. The average molecular weight is 345 g/mol.